The number of carbonyl (C=O) groups is 3. The number of hydrogen-bond acceptors (Lipinski definition) is 3. The molecule has 1 aliphatic heterocycles. The molecule has 128 valence electrons. The molecule has 6 heteroatoms. The van der Waals surface area contributed by atoms with Crippen molar-refractivity contribution in [2.45, 2.75) is 44.6 Å². The van der Waals surface area contributed by atoms with E-state index in [2.05, 4.69) is 10.6 Å². The quantitative estimate of drug-likeness (QED) is 0.825. The first-order valence-corrected chi connectivity index (χ1v) is 8.57. The van der Waals surface area contributed by atoms with Crippen LogP contribution in [0.1, 0.15) is 43.7 Å². The molecule has 1 spiro atoms. The Morgan fingerprint density at radius 2 is 2.08 bits per heavy atom. The lowest BCUT2D eigenvalue weighted by molar-refractivity contribution is -0.135. The van der Waals surface area contributed by atoms with Crippen LogP contribution in [0.3, 0.4) is 0 Å². The molecule has 1 atom stereocenters. The predicted octanol–water partition coefficient (Wildman–Crippen LogP) is 1.69. The van der Waals surface area contributed by atoms with Crippen LogP contribution in [-0.2, 0) is 21.5 Å². The minimum absolute atomic E-state index is 0.228. The fourth-order valence-electron chi connectivity index (χ4n) is 3.58. The van der Waals surface area contributed by atoms with Crippen molar-refractivity contribution < 1.29 is 14.4 Å². The van der Waals surface area contributed by atoms with Gasteiger partial charge in [0, 0.05) is 6.54 Å². The Morgan fingerprint density at radius 3 is 2.88 bits per heavy atom. The average molecular weight is 329 g/mol. The highest BCUT2D eigenvalue weighted by Crippen LogP contribution is 2.38. The van der Waals surface area contributed by atoms with E-state index in [1.165, 1.54) is 0 Å². The number of rotatable bonds is 4. The van der Waals surface area contributed by atoms with Crippen molar-refractivity contribution in [3.8, 4) is 0 Å². The van der Waals surface area contributed by atoms with E-state index in [0.717, 1.165) is 41.7 Å². The largest absolute Gasteiger partial charge is 0.355 e. The number of imide groups is 1. The second kappa shape index (κ2) is 6.63. The van der Waals surface area contributed by atoms with E-state index >= 15 is 0 Å². The van der Waals surface area contributed by atoms with Crippen molar-refractivity contribution >= 4 is 17.8 Å². The molecule has 2 aliphatic rings. The molecule has 2 N–H and O–H groups in total. The van der Waals surface area contributed by atoms with Crippen LogP contribution >= 0.6 is 0 Å². The van der Waals surface area contributed by atoms with Gasteiger partial charge in [0.1, 0.15) is 12.1 Å². The second-order valence-corrected chi connectivity index (χ2v) is 6.44. The third-order valence-electron chi connectivity index (χ3n) is 4.77. The molecular formula is C18H23N3O3. The molecule has 6 nitrogen and oxygen atoms in total. The van der Waals surface area contributed by atoms with Crippen molar-refractivity contribution in [3.63, 3.8) is 0 Å². The number of aryl methyl sites for hydroxylation is 1. The van der Waals surface area contributed by atoms with Crippen LogP contribution in [-0.4, -0.2) is 35.8 Å². The van der Waals surface area contributed by atoms with E-state index in [-0.39, 0.29) is 18.4 Å². The summed E-state index contributed by atoms with van der Waals surface area (Å²) in [6, 6.07) is 7.29. The molecule has 3 rings (SSSR count). The summed E-state index contributed by atoms with van der Waals surface area (Å²) in [5, 5.41) is 5.59. The van der Waals surface area contributed by atoms with Gasteiger partial charge in [-0.2, -0.15) is 0 Å². The minimum Gasteiger partial charge on any atom is -0.355 e. The number of benzene rings is 1. The number of amides is 4. The number of carbonyl (C=O) groups excluding carboxylic acids is 3. The lowest BCUT2D eigenvalue weighted by Gasteiger charge is -2.27. The average Bonchev–Trinajstić information content (AvgIpc) is 2.74. The minimum atomic E-state index is -1.02. The molecule has 1 heterocycles. The van der Waals surface area contributed by atoms with E-state index in [4.69, 9.17) is 0 Å². The maximum absolute atomic E-state index is 13.1. The molecule has 1 aliphatic carbocycles. The molecule has 1 fully saturated rings. The molecule has 1 unspecified atom stereocenters. The Labute approximate surface area is 141 Å². The van der Waals surface area contributed by atoms with Gasteiger partial charge >= 0.3 is 6.03 Å². The van der Waals surface area contributed by atoms with E-state index in [1.807, 2.05) is 31.2 Å². The number of nitrogens with one attached hydrogen (secondary N) is 2. The molecular weight excluding hydrogens is 306 g/mol. The third-order valence-corrected chi connectivity index (χ3v) is 4.77. The summed E-state index contributed by atoms with van der Waals surface area (Å²) in [6.07, 6.45) is 4.12. The Kier molecular flexibility index (Phi) is 4.55. The molecule has 1 aromatic carbocycles. The standard InChI is InChI=1S/C18H23N3O3/c1-2-11-19-15(22)12-21-16(23)18(20-17(21)24)10-6-5-8-13-7-3-4-9-14(13)18/h3-4,7,9H,2,5-6,8,10-12H2,1H3,(H,19,22)(H,20,24). The van der Waals surface area contributed by atoms with Gasteiger partial charge in [-0.1, -0.05) is 31.2 Å². The summed E-state index contributed by atoms with van der Waals surface area (Å²) >= 11 is 0. The monoisotopic (exact) mass is 329 g/mol. The molecule has 0 bridgehead atoms. The zero-order valence-electron chi connectivity index (χ0n) is 13.9. The summed E-state index contributed by atoms with van der Waals surface area (Å²) in [5.74, 6) is -0.618. The molecule has 1 saturated heterocycles. The van der Waals surface area contributed by atoms with Gasteiger partial charge in [-0.15, -0.1) is 0 Å². The second-order valence-electron chi connectivity index (χ2n) is 6.44. The Balaban J connectivity index is 1.89. The summed E-state index contributed by atoms with van der Waals surface area (Å²) in [5.41, 5.74) is 0.952. The first-order chi connectivity index (χ1) is 11.6. The summed E-state index contributed by atoms with van der Waals surface area (Å²) in [7, 11) is 0. The Hall–Kier alpha value is -2.37. The molecule has 4 amide bonds. The van der Waals surface area contributed by atoms with Gasteiger partial charge in [-0.3, -0.25) is 14.5 Å². The predicted molar refractivity (Wildman–Crippen MR) is 89.2 cm³/mol. The van der Waals surface area contributed by atoms with Crippen molar-refractivity contribution in [1.29, 1.82) is 0 Å². The van der Waals surface area contributed by atoms with Gasteiger partial charge in [-0.25, -0.2) is 4.79 Å². The Morgan fingerprint density at radius 1 is 1.29 bits per heavy atom. The highest BCUT2D eigenvalue weighted by atomic mass is 16.2. The zero-order chi connectivity index (χ0) is 17.2. The summed E-state index contributed by atoms with van der Waals surface area (Å²) < 4.78 is 0. The van der Waals surface area contributed by atoms with Gasteiger partial charge in [-0.05, 0) is 43.2 Å². The fraction of sp³-hybridized carbons (Fsp3) is 0.500. The SMILES string of the molecule is CCCNC(=O)CN1C(=O)NC2(CCCCc3ccccc32)C1=O. The normalized spacial score (nSPS) is 23.0. The molecule has 24 heavy (non-hydrogen) atoms. The lowest BCUT2D eigenvalue weighted by Crippen LogP contribution is -2.45. The topological polar surface area (TPSA) is 78.5 Å². The van der Waals surface area contributed by atoms with Gasteiger partial charge in [0.05, 0.1) is 0 Å². The van der Waals surface area contributed by atoms with Gasteiger partial charge < -0.3 is 10.6 Å². The first-order valence-electron chi connectivity index (χ1n) is 8.57. The molecule has 0 aromatic heterocycles. The van der Waals surface area contributed by atoms with E-state index in [1.54, 1.807) is 0 Å². The van der Waals surface area contributed by atoms with Gasteiger partial charge in [0.15, 0.2) is 0 Å². The highest BCUT2D eigenvalue weighted by Gasteiger charge is 2.53. The van der Waals surface area contributed by atoms with E-state index < -0.39 is 11.6 Å². The Bertz CT molecular complexity index is 673. The van der Waals surface area contributed by atoms with Crippen LogP contribution in [0.2, 0.25) is 0 Å². The van der Waals surface area contributed by atoms with Crippen LogP contribution in [0.25, 0.3) is 0 Å². The molecule has 0 saturated carbocycles. The fourth-order valence-corrected chi connectivity index (χ4v) is 3.58. The number of fused-ring (bicyclic) bond motifs is 2. The third kappa shape index (κ3) is 2.77. The van der Waals surface area contributed by atoms with Crippen LogP contribution in [0, 0.1) is 0 Å². The van der Waals surface area contributed by atoms with Crippen LogP contribution in [0.5, 0.6) is 0 Å². The lowest BCUT2D eigenvalue weighted by atomic mass is 9.84. The van der Waals surface area contributed by atoms with Crippen molar-refractivity contribution in [2.24, 2.45) is 0 Å². The van der Waals surface area contributed by atoms with Crippen molar-refractivity contribution in [3.05, 3.63) is 35.4 Å². The smallest absolute Gasteiger partial charge is 0.325 e. The number of urea groups is 1. The maximum Gasteiger partial charge on any atom is 0.325 e. The van der Waals surface area contributed by atoms with Gasteiger partial charge in [0.2, 0.25) is 5.91 Å². The van der Waals surface area contributed by atoms with Crippen molar-refractivity contribution in [2.75, 3.05) is 13.1 Å². The summed E-state index contributed by atoms with van der Waals surface area (Å²) in [6.45, 7) is 2.26. The maximum atomic E-state index is 13.1. The zero-order valence-corrected chi connectivity index (χ0v) is 13.9. The van der Waals surface area contributed by atoms with E-state index in [0.29, 0.717) is 13.0 Å². The van der Waals surface area contributed by atoms with Crippen LogP contribution < -0.4 is 10.6 Å². The van der Waals surface area contributed by atoms with Gasteiger partial charge in [0.25, 0.3) is 5.91 Å². The first kappa shape index (κ1) is 16.5. The number of hydrogen-bond donors (Lipinski definition) is 2. The summed E-state index contributed by atoms with van der Waals surface area (Å²) in [4.78, 5) is 38.5. The molecule has 0 radical (unpaired) electrons. The highest BCUT2D eigenvalue weighted by molar-refractivity contribution is 6.09. The van der Waals surface area contributed by atoms with Crippen LogP contribution in [0.4, 0.5) is 4.79 Å². The number of nitrogens with zero attached hydrogens (tertiary/aromatic N) is 1. The van der Waals surface area contributed by atoms with E-state index in [9.17, 15) is 14.4 Å². The molecule has 1 aromatic rings. The van der Waals surface area contributed by atoms with Crippen molar-refractivity contribution in [1.82, 2.24) is 15.5 Å². The van der Waals surface area contributed by atoms with Crippen LogP contribution in [0.15, 0.2) is 24.3 Å².